The molecule has 16 heteroatoms. The first-order valence-corrected chi connectivity index (χ1v) is 13.2. The second-order valence-electron chi connectivity index (χ2n) is 8.93. The Balaban J connectivity index is 1.42. The molecule has 6 N–H and O–H groups in total. The lowest BCUT2D eigenvalue weighted by molar-refractivity contribution is -0.0511. The molecule has 2 aliphatic rings. The summed E-state index contributed by atoms with van der Waals surface area (Å²) < 4.78 is 44.0. The SMILES string of the molecule is O=C(NCc1nc(NC2CCOC2)c2ncn([C@@H]3O[C@H](CO)[C@@H](O)[C@@H]3O)c2n1)c1ccc(S(=O)(=O)O)cc1. The maximum absolute atomic E-state index is 12.6. The van der Waals surface area contributed by atoms with Crippen molar-refractivity contribution in [1.82, 2.24) is 24.8 Å². The molecule has 2 aromatic heterocycles. The van der Waals surface area contributed by atoms with Crippen molar-refractivity contribution in [3.63, 3.8) is 0 Å². The molecule has 0 spiro atoms. The van der Waals surface area contributed by atoms with Crippen molar-refractivity contribution in [2.75, 3.05) is 25.1 Å². The number of anilines is 1. The lowest BCUT2D eigenvalue weighted by atomic mass is 10.1. The highest BCUT2D eigenvalue weighted by atomic mass is 32.2. The second-order valence-corrected chi connectivity index (χ2v) is 10.3. The number of hydrogen-bond acceptors (Lipinski definition) is 12. The van der Waals surface area contributed by atoms with E-state index in [4.69, 9.17) is 14.0 Å². The zero-order valence-corrected chi connectivity index (χ0v) is 20.7. The number of ether oxygens (including phenoxy) is 2. The van der Waals surface area contributed by atoms with E-state index in [1.165, 1.54) is 23.0 Å². The van der Waals surface area contributed by atoms with E-state index in [9.17, 15) is 28.5 Å². The number of amides is 1. The van der Waals surface area contributed by atoms with Crippen molar-refractivity contribution < 1.29 is 42.6 Å². The Bertz CT molecular complexity index is 1430. The zero-order valence-electron chi connectivity index (χ0n) is 19.8. The predicted molar refractivity (Wildman–Crippen MR) is 129 cm³/mol. The molecule has 204 valence electrons. The Morgan fingerprint density at radius 3 is 2.55 bits per heavy atom. The monoisotopic (exact) mass is 550 g/mol. The average molecular weight is 551 g/mol. The number of aliphatic hydroxyl groups is 3. The van der Waals surface area contributed by atoms with Crippen LogP contribution < -0.4 is 10.6 Å². The summed E-state index contributed by atoms with van der Waals surface area (Å²) in [4.78, 5) is 25.7. The number of hydrogen-bond donors (Lipinski definition) is 6. The van der Waals surface area contributed by atoms with Gasteiger partial charge in [-0.05, 0) is 30.7 Å². The molecule has 2 fully saturated rings. The van der Waals surface area contributed by atoms with Gasteiger partial charge in [-0.15, -0.1) is 0 Å². The fraction of sp³-hybridized carbons (Fsp3) is 0.455. The van der Waals surface area contributed by atoms with Crippen molar-refractivity contribution in [3.05, 3.63) is 42.0 Å². The van der Waals surface area contributed by atoms with Gasteiger partial charge >= 0.3 is 0 Å². The Morgan fingerprint density at radius 1 is 1.16 bits per heavy atom. The van der Waals surface area contributed by atoms with Gasteiger partial charge in [0, 0.05) is 12.2 Å². The molecule has 1 amide bonds. The molecule has 4 heterocycles. The standard InChI is InChI=1S/C22H26N6O9S/c29-8-14-17(30)18(31)22(37-14)28-10-24-16-19(25-12-5-6-36-9-12)26-15(27-20(16)28)7-23-21(32)11-1-3-13(4-2-11)38(33,34)35/h1-4,10,12,14,17-18,22,29-31H,5-9H2,(H,23,32)(H,25,26,27)(H,33,34,35)/t12?,14-,17-,18+,22-/m1/s1. The Morgan fingerprint density at radius 2 is 1.92 bits per heavy atom. The van der Waals surface area contributed by atoms with Crippen LogP contribution >= 0.6 is 0 Å². The Hall–Kier alpha value is -3.25. The van der Waals surface area contributed by atoms with Gasteiger partial charge in [-0.3, -0.25) is 13.9 Å². The topological polar surface area (TPSA) is 218 Å². The minimum Gasteiger partial charge on any atom is -0.394 e. The van der Waals surface area contributed by atoms with Crippen LogP contribution in [0, 0.1) is 0 Å². The Kier molecular flexibility index (Phi) is 7.28. The first-order chi connectivity index (χ1) is 18.2. The van der Waals surface area contributed by atoms with Gasteiger partial charge in [0.1, 0.15) is 18.3 Å². The summed E-state index contributed by atoms with van der Waals surface area (Å²) >= 11 is 0. The van der Waals surface area contributed by atoms with Crippen LogP contribution in [0.2, 0.25) is 0 Å². The molecule has 0 bridgehead atoms. The first kappa shape index (κ1) is 26.4. The van der Waals surface area contributed by atoms with Crippen molar-refractivity contribution in [1.29, 1.82) is 0 Å². The molecule has 0 aliphatic carbocycles. The highest BCUT2D eigenvalue weighted by Crippen LogP contribution is 2.32. The minimum absolute atomic E-state index is 0.0316. The molecule has 38 heavy (non-hydrogen) atoms. The molecule has 5 rings (SSSR count). The van der Waals surface area contributed by atoms with Crippen LogP contribution in [-0.4, -0.2) is 97.9 Å². The largest absolute Gasteiger partial charge is 0.394 e. The summed E-state index contributed by atoms with van der Waals surface area (Å²) in [7, 11) is -4.39. The molecule has 2 aliphatic heterocycles. The van der Waals surface area contributed by atoms with Gasteiger partial charge in [-0.1, -0.05) is 0 Å². The number of rotatable bonds is 8. The van der Waals surface area contributed by atoms with Crippen LogP contribution in [0.15, 0.2) is 35.5 Å². The summed E-state index contributed by atoms with van der Waals surface area (Å²) in [5, 5.41) is 36.1. The van der Waals surface area contributed by atoms with Gasteiger partial charge in [-0.2, -0.15) is 8.42 Å². The third-order valence-electron chi connectivity index (χ3n) is 6.35. The van der Waals surface area contributed by atoms with Gasteiger partial charge in [0.05, 0.1) is 37.0 Å². The lowest BCUT2D eigenvalue weighted by Crippen LogP contribution is -2.33. The van der Waals surface area contributed by atoms with Crippen LogP contribution in [0.3, 0.4) is 0 Å². The van der Waals surface area contributed by atoms with Crippen molar-refractivity contribution in [2.45, 2.75) is 48.4 Å². The molecule has 2 saturated heterocycles. The molecule has 5 atom stereocenters. The van der Waals surface area contributed by atoms with E-state index in [1.54, 1.807) is 0 Å². The van der Waals surface area contributed by atoms with Crippen LogP contribution in [0.25, 0.3) is 11.2 Å². The Labute approximate surface area is 216 Å². The number of nitrogens with zero attached hydrogens (tertiary/aromatic N) is 4. The molecule has 0 saturated carbocycles. The van der Waals surface area contributed by atoms with Gasteiger partial charge in [-0.25, -0.2) is 15.0 Å². The highest BCUT2D eigenvalue weighted by molar-refractivity contribution is 7.85. The molecule has 1 aromatic carbocycles. The normalized spacial score (nSPS) is 25.6. The summed E-state index contributed by atoms with van der Waals surface area (Å²) in [6, 6.07) is 4.70. The van der Waals surface area contributed by atoms with Crippen molar-refractivity contribution >= 4 is 33.0 Å². The van der Waals surface area contributed by atoms with Gasteiger partial charge in [0.25, 0.3) is 16.0 Å². The smallest absolute Gasteiger partial charge is 0.294 e. The van der Waals surface area contributed by atoms with Crippen LogP contribution in [0.1, 0.15) is 28.8 Å². The summed E-state index contributed by atoms with van der Waals surface area (Å²) in [5.41, 5.74) is 0.778. The van der Waals surface area contributed by atoms with Crippen LogP contribution in [0.5, 0.6) is 0 Å². The van der Waals surface area contributed by atoms with Crippen molar-refractivity contribution in [3.8, 4) is 0 Å². The highest BCUT2D eigenvalue weighted by Gasteiger charge is 2.44. The number of carbonyl (C=O) groups excluding carboxylic acids is 1. The van der Waals surface area contributed by atoms with E-state index >= 15 is 0 Å². The van der Waals surface area contributed by atoms with E-state index in [0.717, 1.165) is 18.6 Å². The van der Waals surface area contributed by atoms with E-state index in [0.29, 0.717) is 24.5 Å². The summed E-state index contributed by atoms with van der Waals surface area (Å²) in [6.45, 7) is 0.438. The fourth-order valence-corrected chi connectivity index (χ4v) is 4.80. The van der Waals surface area contributed by atoms with Gasteiger partial charge < -0.3 is 35.4 Å². The fourth-order valence-electron chi connectivity index (χ4n) is 4.32. The molecule has 15 nitrogen and oxygen atoms in total. The summed E-state index contributed by atoms with van der Waals surface area (Å²) in [5.74, 6) is 0.0271. The maximum atomic E-state index is 12.6. The molecule has 1 unspecified atom stereocenters. The molecule has 3 aromatic rings. The predicted octanol–water partition coefficient (Wildman–Crippen LogP) is -1.18. The quantitative estimate of drug-likeness (QED) is 0.182. The van der Waals surface area contributed by atoms with Crippen LogP contribution in [-0.2, 0) is 26.1 Å². The van der Waals surface area contributed by atoms with E-state index in [1.807, 2.05) is 0 Å². The summed E-state index contributed by atoms with van der Waals surface area (Å²) in [6.07, 6.45) is -2.61. The molecular formula is C22H26N6O9S. The van der Waals surface area contributed by atoms with Crippen molar-refractivity contribution in [2.24, 2.45) is 0 Å². The number of carbonyl (C=O) groups is 1. The number of nitrogens with one attached hydrogen (secondary N) is 2. The average Bonchev–Trinajstić information content (AvgIpc) is 3.62. The lowest BCUT2D eigenvalue weighted by Gasteiger charge is -2.18. The number of aliphatic hydroxyl groups excluding tert-OH is 3. The van der Waals surface area contributed by atoms with Gasteiger partial charge in [0.2, 0.25) is 0 Å². The minimum atomic E-state index is -4.39. The van der Waals surface area contributed by atoms with E-state index in [2.05, 4.69) is 25.6 Å². The molecule has 0 radical (unpaired) electrons. The van der Waals surface area contributed by atoms with Crippen LogP contribution in [0.4, 0.5) is 5.82 Å². The van der Waals surface area contributed by atoms with E-state index in [-0.39, 0.29) is 34.5 Å². The number of benzene rings is 1. The number of imidazole rings is 1. The molecular weight excluding hydrogens is 524 g/mol. The number of fused-ring (bicyclic) bond motifs is 1. The van der Waals surface area contributed by atoms with E-state index < -0.39 is 47.2 Å². The van der Waals surface area contributed by atoms with Gasteiger partial charge in [0.15, 0.2) is 29.0 Å². The second kappa shape index (κ2) is 10.5. The third kappa shape index (κ3) is 5.19. The third-order valence-corrected chi connectivity index (χ3v) is 7.22. The first-order valence-electron chi connectivity index (χ1n) is 11.7. The number of aromatic nitrogens is 4. The maximum Gasteiger partial charge on any atom is 0.294 e. The zero-order chi connectivity index (χ0) is 27.0.